The molecule has 0 spiro atoms. The summed E-state index contributed by atoms with van der Waals surface area (Å²) in [6.45, 7) is 4.11. The minimum atomic E-state index is -4.24. The summed E-state index contributed by atoms with van der Waals surface area (Å²) in [5, 5.41) is 25.5. The molecule has 0 amide bonds. The van der Waals surface area contributed by atoms with Crippen LogP contribution in [0, 0.1) is 0 Å². The molecule has 0 saturated carbocycles. The second kappa shape index (κ2) is 28.0. The molecule has 0 aliphatic rings. The second-order valence-electron chi connectivity index (χ2n) is 8.57. The van der Waals surface area contributed by atoms with Crippen LogP contribution in [0.1, 0.15) is 110 Å². The van der Waals surface area contributed by atoms with Gasteiger partial charge in [0.05, 0.1) is 26.4 Å². The topological polar surface area (TPSA) is 128 Å². The molecule has 8 nitrogen and oxygen atoms in total. The van der Waals surface area contributed by atoms with Gasteiger partial charge >= 0.3 is 10.4 Å². The average Bonchev–Trinajstić information content (AvgIpc) is 2.76. The Morgan fingerprint density at radius 2 is 0.879 bits per heavy atom. The molecule has 0 bridgehead atoms. The summed E-state index contributed by atoms with van der Waals surface area (Å²) in [4.78, 5) is 1.79. The van der Waals surface area contributed by atoms with E-state index in [1.807, 2.05) is 0 Å². The summed E-state index contributed by atoms with van der Waals surface area (Å²) in [5.74, 6) is 0. The maximum Gasteiger partial charge on any atom is 0.397 e. The van der Waals surface area contributed by atoms with Crippen molar-refractivity contribution < 1.29 is 32.5 Å². The largest absolute Gasteiger partial charge is 0.397 e. The van der Waals surface area contributed by atoms with Crippen LogP contribution in [0.25, 0.3) is 0 Å². The summed E-state index contributed by atoms with van der Waals surface area (Å²) >= 11 is 0. The van der Waals surface area contributed by atoms with Crippen molar-refractivity contribution in [2.45, 2.75) is 110 Å². The fourth-order valence-electron chi connectivity index (χ4n) is 3.57. The highest BCUT2D eigenvalue weighted by Crippen LogP contribution is 2.13. The highest BCUT2D eigenvalue weighted by atomic mass is 32.3. The van der Waals surface area contributed by atoms with Crippen LogP contribution in [0.3, 0.4) is 0 Å². The number of nitrogens with zero attached hydrogens (tertiary/aromatic N) is 1. The molecular formula is C24H53NO7S. The number of rotatable bonds is 24. The van der Waals surface area contributed by atoms with Gasteiger partial charge < -0.3 is 15.3 Å². The summed E-state index contributed by atoms with van der Waals surface area (Å²) in [5.41, 5.74) is 0. The summed E-state index contributed by atoms with van der Waals surface area (Å²) < 4.78 is 33.3. The molecule has 4 N–H and O–H groups in total. The molecule has 202 valence electrons. The SMILES string of the molecule is CCCCCCCCCCCCCCCCCCOS(=O)(=O)O.OCCN(CCO)CCO. The van der Waals surface area contributed by atoms with Crippen molar-refractivity contribution in [2.24, 2.45) is 0 Å². The normalized spacial score (nSPS) is 11.6. The Morgan fingerprint density at radius 1 is 0.576 bits per heavy atom. The van der Waals surface area contributed by atoms with E-state index in [0.717, 1.165) is 12.8 Å². The predicted octanol–water partition coefficient (Wildman–Crippen LogP) is 4.33. The summed E-state index contributed by atoms with van der Waals surface area (Å²) in [6.07, 6.45) is 20.5. The predicted molar refractivity (Wildman–Crippen MR) is 135 cm³/mol. The van der Waals surface area contributed by atoms with Gasteiger partial charge in [-0.3, -0.25) is 9.45 Å². The van der Waals surface area contributed by atoms with Crippen LogP contribution < -0.4 is 0 Å². The minimum Gasteiger partial charge on any atom is -0.395 e. The van der Waals surface area contributed by atoms with Crippen molar-refractivity contribution in [2.75, 3.05) is 46.1 Å². The molecule has 0 atom stereocenters. The van der Waals surface area contributed by atoms with E-state index >= 15 is 0 Å². The van der Waals surface area contributed by atoms with Gasteiger partial charge in [-0.1, -0.05) is 103 Å². The summed E-state index contributed by atoms with van der Waals surface area (Å²) in [6, 6.07) is 0. The van der Waals surface area contributed by atoms with Gasteiger partial charge in [0.1, 0.15) is 0 Å². The van der Waals surface area contributed by atoms with E-state index in [2.05, 4.69) is 11.1 Å². The zero-order chi connectivity index (χ0) is 25.0. The van der Waals surface area contributed by atoms with Crippen LogP contribution in [0.2, 0.25) is 0 Å². The molecule has 0 aromatic carbocycles. The third-order valence-corrected chi connectivity index (χ3v) is 5.94. The van der Waals surface area contributed by atoms with Gasteiger partial charge in [-0.05, 0) is 6.42 Å². The summed E-state index contributed by atoms with van der Waals surface area (Å²) in [7, 11) is -4.24. The van der Waals surface area contributed by atoms with Crippen LogP contribution >= 0.6 is 0 Å². The fourth-order valence-corrected chi connectivity index (χ4v) is 3.90. The average molecular weight is 500 g/mol. The lowest BCUT2D eigenvalue weighted by molar-refractivity contribution is 0.136. The van der Waals surface area contributed by atoms with Gasteiger partial charge in [0.15, 0.2) is 0 Å². The fraction of sp³-hybridized carbons (Fsp3) is 1.00. The van der Waals surface area contributed by atoms with Gasteiger partial charge in [0, 0.05) is 19.6 Å². The molecule has 0 unspecified atom stereocenters. The number of hydrogen-bond acceptors (Lipinski definition) is 7. The van der Waals surface area contributed by atoms with Crippen LogP contribution in [0.15, 0.2) is 0 Å². The zero-order valence-corrected chi connectivity index (χ0v) is 21.9. The third kappa shape index (κ3) is 34.0. The lowest BCUT2D eigenvalue weighted by Gasteiger charge is -2.17. The number of aliphatic hydroxyl groups excluding tert-OH is 3. The van der Waals surface area contributed by atoms with Gasteiger partial charge in [0.25, 0.3) is 0 Å². The van der Waals surface area contributed by atoms with Crippen molar-refractivity contribution >= 4 is 10.4 Å². The molecule has 0 rings (SSSR count). The minimum absolute atomic E-state index is 0.0694. The van der Waals surface area contributed by atoms with Crippen LogP contribution in [0.4, 0.5) is 0 Å². The Hall–Kier alpha value is -0.290. The zero-order valence-electron chi connectivity index (χ0n) is 21.1. The van der Waals surface area contributed by atoms with E-state index in [1.54, 1.807) is 4.90 Å². The maximum atomic E-state index is 10.3. The molecule has 0 heterocycles. The molecule has 0 aromatic heterocycles. The molecule has 0 radical (unpaired) electrons. The lowest BCUT2D eigenvalue weighted by Crippen LogP contribution is -2.32. The van der Waals surface area contributed by atoms with E-state index in [9.17, 15) is 8.42 Å². The van der Waals surface area contributed by atoms with E-state index < -0.39 is 10.4 Å². The van der Waals surface area contributed by atoms with E-state index in [4.69, 9.17) is 19.9 Å². The smallest absolute Gasteiger partial charge is 0.395 e. The van der Waals surface area contributed by atoms with E-state index in [1.165, 1.54) is 83.5 Å². The molecule has 33 heavy (non-hydrogen) atoms. The number of unbranched alkanes of at least 4 members (excludes halogenated alkanes) is 15. The van der Waals surface area contributed by atoms with Crippen molar-refractivity contribution in [1.82, 2.24) is 4.90 Å². The number of aliphatic hydroxyl groups is 3. The first-order valence-electron chi connectivity index (χ1n) is 13.1. The van der Waals surface area contributed by atoms with Crippen molar-refractivity contribution in [3.05, 3.63) is 0 Å². The maximum absolute atomic E-state index is 10.3. The first kappa shape index (κ1) is 34.9. The van der Waals surface area contributed by atoms with E-state index in [0.29, 0.717) is 26.1 Å². The van der Waals surface area contributed by atoms with Crippen LogP contribution in [0.5, 0.6) is 0 Å². The standard InChI is InChI=1S/C18H38O4S.C6H15NO3/c1-2-3-4-5-6-7-8-9-10-11-12-13-14-15-16-17-18-22-23(19,20)21;8-4-1-7(2-5-9)3-6-10/h2-18H2,1H3,(H,19,20,21);8-10H,1-6H2. The molecular weight excluding hydrogens is 446 g/mol. The van der Waals surface area contributed by atoms with Crippen molar-refractivity contribution in [3.8, 4) is 0 Å². The van der Waals surface area contributed by atoms with Gasteiger partial charge in [-0.15, -0.1) is 0 Å². The Kier molecular flexibility index (Phi) is 29.5. The second-order valence-corrected chi connectivity index (χ2v) is 9.66. The third-order valence-electron chi connectivity index (χ3n) is 5.48. The molecule has 0 aliphatic carbocycles. The van der Waals surface area contributed by atoms with Gasteiger partial charge in [-0.25, -0.2) is 4.18 Å². The lowest BCUT2D eigenvalue weighted by atomic mass is 10.0. The Morgan fingerprint density at radius 3 is 1.15 bits per heavy atom. The van der Waals surface area contributed by atoms with Crippen LogP contribution in [-0.4, -0.2) is 79.3 Å². The Balaban J connectivity index is 0. The molecule has 9 heteroatoms. The Bertz CT molecular complexity index is 449. The van der Waals surface area contributed by atoms with E-state index in [-0.39, 0.29) is 26.4 Å². The number of hydrogen-bond donors (Lipinski definition) is 4. The van der Waals surface area contributed by atoms with Crippen molar-refractivity contribution in [3.63, 3.8) is 0 Å². The quantitative estimate of drug-likeness (QED) is 0.114. The highest BCUT2D eigenvalue weighted by molar-refractivity contribution is 7.80. The van der Waals surface area contributed by atoms with Crippen LogP contribution in [-0.2, 0) is 14.6 Å². The first-order chi connectivity index (χ1) is 15.9. The molecule has 0 fully saturated rings. The van der Waals surface area contributed by atoms with Crippen molar-refractivity contribution in [1.29, 1.82) is 0 Å². The van der Waals surface area contributed by atoms with Gasteiger partial charge in [-0.2, -0.15) is 8.42 Å². The van der Waals surface area contributed by atoms with Gasteiger partial charge in [0.2, 0.25) is 0 Å². The first-order valence-corrected chi connectivity index (χ1v) is 14.4. The monoisotopic (exact) mass is 499 g/mol. The molecule has 0 aromatic rings. The molecule has 0 saturated heterocycles. The Labute approximate surface area is 203 Å². The highest BCUT2D eigenvalue weighted by Gasteiger charge is 2.02. The molecule has 0 aliphatic heterocycles.